The van der Waals surface area contributed by atoms with Crippen molar-refractivity contribution in [3.8, 4) is 0 Å². The van der Waals surface area contributed by atoms with Gasteiger partial charge in [0.2, 0.25) is 6.17 Å². The molecule has 0 heterocycles. The Bertz CT molecular complexity index is 634. The zero-order valence-corrected chi connectivity index (χ0v) is 15.0. The van der Waals surface area contributed by atoms with Crippen LogP contribution in [0.15, 0.2) is 0 Å². The van der Waals surface area contributed by atoms with Gasteiger partial charge in [0.15, 0.2) is 0 Å². The summed E-state index contributed by atoms with van der Waals surface area (Å²) in [6.07, 6.45) is -17.5. The maximum Gasteiger partial charge on any atom is 0.384 e. The van der Waals surface area contributed by atoms with Crippen molar-refractivity contribution in [2.75, 3.05) is 13.6 Å². The molecule has 0 aliphatic carbocycles. The van der Waals surface area contributed by atoms with E-state index >= 15 is 0 Å². The second kappa shape index (κ2) is 8.83. The second-order valence-corrected chi connectivity index (χ2v) is 6.38. The van der Waals surface area contributed by atoms with Gasteiger partial charge >= 0.3 is 47.9 Å². The molecule has 2 atom stereocenters. The van der Waals surface area contributed by atoms with Crippen molar-refractivity contribution in [1.82, 2.24) is 5.32 Å². The first kappa shape index (κ1) is 30.7. The summed E-state index contributed by atoms with van der Waals surface area (Å²) in [6, 6.07) is 0. The van der Waals surface area contributed by atoms with Crippen LogP contribution in [0.1, 0.15) is 6.42 Å². The summed E-state index contributed by atoms with van der Waals surface area (Å²) in [5.41, 5.74) is 0. The van der Waals surface area contributed by atoms with Crippen LogP contribution in [0.2, 0.25) is 0 Å². The Labute approximate surface area is 166 Å². The largest absolute Gasteiger partial charge is 0.392 e. The van der Waals surface area contributed by atoms with Crippen LogP contribution in [0.25, 0.3) is 0 Å². The SMILES string of the molecule is CNCC(O)CC(F)(F)C(F)(F)C(F)(F)C(F)(F)C(F)(F)C(F)(F)C(F)C(F)(F)C(F)F. The molecule has 19 heteroatoms. The highest BCUT2D eigenvalue weighted by atomic mass is 19.4. The number of aliphatic hydroxyl groups is 1. The first-order valence-corrected chi connectivity index (χ1v) is 7.70. The monoisotopic (exact) mass is 521 g/mol. The summed E-state index contributed by atoms with van der Waals surface area (Å²) in [5.74, 6) is -54.0. The fourth-order valence-electron chi connectivity index (χ4n) is 2.08. The molecule has 0 spiro atoms. The minimum Gasteiger partial charge on any atom is -0.392 e. The first-order valence-electron chi connectivity index (χ1n) is 7.70. The molecule has 0 rings (SSSR count). The molecule has 0 saturated heterocycles. The van der Waals surface area contributed by atoms with Gasteiger partial charge in [-0.1, -0.05) is 0 Å². The van der Waals surface area contributed by atoms with E-state index in [9.17, 15) is 74.6 Å². The number of nitrogens with one attached hydrogen (secondary N) is 1. The molecule has 2 N–H and O–H groups in total. The van der Waals surface area contributed by atoms with E-state index in [0.29, 0.717) is 0 Å². The molecule has 0 fully saturated rings. The fraction of sp³-hybridized carbons (Fsp3) is 1.00. The van der Waals surface area contributed by atoms with Gasteiger partial charge in [-0.3, -0.25) is 0 Å². The third-order valence-corrected chi connectivity index (χ3v) is 3.94. The molecule has 0 aromatic carbocycles. The standard InChI is InChI=1S/C13H12F17NO/c1-31-3-4(32)2-7(17,18)10(23,24)12(27,28)13(29,30)11(25,26)9(21,22)5(14)8(19,20)6(15)16/h4-6,31-32H,2-3H2,1H3. The van der Waals surface area contributed by atoms with Crippen LogP contribution < -0.4 is 5.32 Å². The zero-order chi connectivity index (χ0) is 26.4. The van der Waals surface area contributed by atoms with E-state index in [1.165, 1.54) is 0 Å². The molecule has 32 heavy (non-hydrogen) atoms. The van der Waals surface area contributed by atoms with E-state index in [1.54, 1.807) is 0 Å². The number of alkyl halides is 17. The lowest BCUT2D eigenvalue weighted by molar-refractivity contribution is -0.435. The summed E-state index contributed by atoms with van der Waals surface area (Å²) in [5, 5.41) is 10.8. The molecular weight excluding hydrogens is 509 g/mol. The maximum atomic E-state index is 13.5. The zero-order valence-electron chi connectivity index (χ0n) is 15.0. The van der Waals surface area contributed by atoms with Crippen LogP contribution in [0, 0.1) is 0 Å². The van der Waals surface area contributed by atoms with Crippen molar-refractivity contribution in [3.63, 3.8) is 0 Å². The molecule has 2 nitrogen and oxygen atoms in total. The summed E-state index contributed by atoms with van der Waals surface area (Å²) in [4.78, 5) is 0. The van der Waals surface area contributed by atoms with Crippen LogP contribution in [-0.4, -0.2) is 78.9 Å². The van der Waals surface area contributed by atoms with Crippen LogP contribution in [0.5, 0.6) is 0 Å². The highest BCUT2D eigenvalue weighted by molar-refractivity contribution is 5.14. The second-order valence-electron chi connectivity index (χ2n) is 6.38. The van der Waals surface area contributed by atoms with Gasteiger partial charge in [0.25, 0.3) is 0 Å². The third-order valence-electron chi connectivity index (χ3n) is 3.94. The first-order chi connectivity index (χ1) is 13.8. The van der Waals surface area contributed by atoms with Crippen molar-refractivity contribution < 1.29 is 79.7 Å². The van der Waals surface area contributed by atoms with Gasteiger partial charge in [0, 0.05) is 13.0 Å². The molecule has 0 amide bonds. The van der Waals surface area contributed by atoms with Gasteiger partial charge in [0.1, 0.15) is 0 Å². The van der Waals surface area contributed by atoms with Gasteiger partial charge in [-0.15, -0.1) is 0 Å². The van der Waals surface area contributed by atoms with Gasteiger partial charge in [-0.05, 0) is 7.05 Å². The number of rotatable bonds is 12. The van der Waals surface area contributed by atoms with Crippen LogP contribution in [0.4, 0.5) is 74.6 Å². The van der Waals surface area contributed by atoms with Crippen LogP contribution >= 0.6 is 0 Å². The van der Waals surface area contributed by atoms with E-state index < -0.39 is 73.1 Å². The van der Waals surface area contributed by atoms with E-state index in [-0.39, 0.29) is 0 Å². The number of hydrogen-bond donors (Lipinski definition) is 2. The normalized spacial score (nSPS) is 17.6. The number of likely N-dealkylation sites (N-methyl/N-ethyl adjacent to an activating group) is 1. The molecule has 2 unspecified atom stereocenters. The number of hydrogen-bond acceptors (Lipinski definition) is 2. The Balaban J connectivity index is 6.48. The average molecular weight is 521 g/mol. The topological polar surface area (TPSA) is 32.3 Å². The van der Waals surface area contributed by atoms with Crippen LogP contribution in [-0.2, 0) is 0 Å². The Hall–Kier alpha value is -1.27. The van der Waals surface area contributed by atoms with Gasteiger partial charge in [-0.25, -0.2) is 13.2 Å². The Kier molecular flexibility index (Phi) is 8.48. The highest BCUT2D eigenvalue weighted by Crippen LogP contribution is 2.62. The molecule has 0 aliphatic rings. The molecule has 194 valence electrons. The summed E-state index contributed by atoms with van der Waals surface area (Å²) < 4.78 is 223. The molecular formula is C13H12F17NO. The van der Waals surface area contributed by atoms with E-state index in [4.69, 9.17) is 5.11 Å². The summed E-state index contributed by atoms with van der Waals surface area (Å²) >= 11 is 0. The van der Waals surface area contributed by atoms with E-state index in [0.717, 1.165) is 7.05 Å². The molecule has 0 aliphatic heterocycles. The minimum absolute atomic E-state index is 0.882. The van der Waals surface area contributed by atoms with Crippen molar-refractivity contribution in [1.29, 1.82) is 0 Å². The van der Waals surface area contributed by atoms with Gasteiger partial charge < -0.3 is 10.4 Å². The molecule has 0 aromatic heterocycles. The maximum absolute atomic E-state index is 13.5. The van der Waals surface area contributed by atoms with Gasteiger partial charge in [-0.2, -0.15) is 61.5 Å². The lowest BCUT2D eigenvalue weighted by Crippen LogP contribution is -2.73. The number of aliphatic hydroxyl groups excluding tert-OH is 1. The highest BCUT2D eigenvalue weighted by Gasteiger charge is 2.91. The predicted octanol–water partition coefficient (Wildman–Crippen LogP) is 5.01. The molecule has 0 bridgehead atoms. The smallest absolute Gasteiger partial charge is 0.384 e. The molecule has 0 aromatic rings. The molecule has 0 saturated carbocycles. The Morgan fingerprint density at radius 1 is 0.656 bits per heavy atom. The van der Waals surface area contributed by atoms with Crippen molar-refractivity contribution >= 4 is 0 Å². The summed E-state index contributed by atoms with van der Waals surface area (Å²) in [6.45, 7) is -1.08. The van der Waals surface area contributed by atoms with Crippen LogP contribution in [0.3, 0.4) is 0 Å². The quantitative estimate of drug-likeness (QED) is 0.355. The minimum atomic E-state index is -8.42. The van der Waals surface area contributed by atoms with Gasteiger partial charge in [0.05, 0.1) is 6.10 Å². The summed E-state index contributed by atoms with van der Waals surface area (Å²) in [7, 11) is 0.882. The van der Waals surface area contributed by atoms with E-state index in [1.807, 2.05) is 5.32 Å². The lowest BCUT2D eigenvalue weighted by atomic mass is 9.87. The van der Waals surface area contributed by atoms with Crippen molar-refractivity contribution in [2.45, 2.75) is 66.6 Å². The number of halogens is 17. The van der Waals surface area contributed by atoms with E-state index in [2.05, 4.69) is 0 Å². The lowest BCUT2D eigenvalue weighted by Gasteiger charge is -2.42. The third kappa shape index (κ3) is 4.54. The molecule has 0 radical (unpaired) electrons. The van der Waals surface area contributed by atoms with Crippen molar-refractivity contribution in [2.24, 2.45) is 0 Å². The van der Waals surface area contributed by atoms with Crippen molar-refractivity contribution in [3.05, 3.63) is 0 Å². The predicted molar refractivity (Wildman–Crippen MR) is 70.1 cm³/mol. The average Bonchev–Trinajstić information content (AvgIpc) is 2.59. The fourth-order valence-corrected chi connectivity index (χ4v) is 2.08. The Morgan fingerprint density at radius 2 is 1.03 bits per heavy atom. The Morgan fingerprint density at radius 3 is 1.38 bits per heavy atom.